The molecule has 3 heterocycles. The highest BCUT2D eigenvalue weighted by atomic mass is 28.4. The van der Waals surface area contributed by atoms with E-state index in [0.717, 1.165) is 53.2 Å². The molecule has 0 saturated carbocycles. The fraction of sp³-hybridized carbons (Fsp3) is 0.625. The minimum Gasteiger partial charge on any atom is -0.410 e. The molecule has 1 unspecified atom stereocenters. The average molecular weight is 591 g/mol. The number of fused-ring (bicyclic) bond motifs is 1. The number of pyridine rings is 2. The van der Waals surface area contributed by atoms with Gasteiger partial charge in [0.1, 0.15) is 6.10 Å². The molecule has 0 bridgehead atoms. The third kappa shape index (κ3) is 6.63. The Morgan fingerprint density at radius 2 is 1.83 bits per heavy atom. The first-order chi connectivity index (χ1) is 18.8. The van der Waals surface area contributed by atoms with E-state index in [1.54, 1.807) is 0 Å². The van der Waals surface area contributed by atoms with Gasteiger partial charge < -0.3 is 14.3 Å². The van der Waals surface area contributed by atoms with Crippen LogP contribution in [-0.2, 0) is 21.8 Å². The second kappa shape index (κ2) is 11.2. The Bertz CT molecular complexity index is 1300. The van der Waals surface area contributed by atoms with Crippen LogP contribution in [-0.4, -0.2) is 36.6 Å². The van der Waals surface area contributed by atoms with E-state index < -0.39 is 26.2 Å². The summed E-state index contributed by atoms with van der Waals surface area (Å²) >= 11 is 0. The molecule has 1 N–H and O–H groups in total. The molecule has 0 radical (unpaired) electrons. The number of aliphatic hydroxyl groups excluding tert-OH is 1. The van der Waals surface area contributed by atoms with Crippen LogP contribution >= 0.6 is 0 Å². The average Bonchev–Trinajstić information content (AvgIpc) is 2.85. The van der Waals surface area contributed by atoms with Crippen molar-refractivity contribution in [2.45, 2.75) is 110 Å². The second-order valence-corrected chi connectivity index (χ2v) is 18.9. The topological polar surface area (TPSA) is 64.5 Å². The third-order valence-corrected chi connectivity index (χ3v) is 13.3. The minimum atomic E-state index is -4.51. The van der Waals surface area contributed by atoms with Gasteiger partial charge in [-0.05, 0) is 72.0 Å². The van der Waals surface area contributed by atoms with E-state index in [9.17, 15) is 18.3 Å². The van der Waals surface area contributed by atoms with E-state index in [4.69, 9.17) is 14.1 Å². The van der Waals surface area contributed by atoms with Crippen LogP contribution in [0.15, 0.2) is 24.4 Å². The van der Waals surface area contributed by atoms with Gasteiger partial charge in [0.05, 0.1) is 36.3 Å². The molecule has 0 fully saturated rings. The highest BCUT2D eigenvalue weighted by Gasteiger charge is 2.45. The zero-order chi connectivity index (χ0) is 30.5. The molecule has 0 spiro atoms. The number of hydrogen-bond donors (Lipinski definition) is 1. The maximum atomic E-state index is 13.3. The molecular formula is C32H45F3N2O3Si. The Kier molecular flexibility index (Phi) is 8.71. The van der Waals surface area contributed by atoms with Crippen LogP contribution in [0.3, 0.4) is 0 Å². The lowest BCUT2D eigenvalue weighted by atomic mass is 9.71. The summed E-state index contributed by atoms with van der Waals surface area (Å²) < 4.78 is 52.7. The first-order valence-corrected chi connectivity index (χ1v) is 17.5. The van der Waals surface area contributed by atoms with Crippen LogP contribution in [0.4, 0.5) is 13.2 Å². The quantitative estimate of drug-likeness (QED) is 0.342. The molecule has 0 saturated heterocycles. The summed E-state index contributed by atoms with van der Waals surface area (Å²) in [5, 5.41) is 11.9. The smallest absolute Gasteiger partial charge is 0.410 e. The molecule has 1 aliphatic heterocycles. The van der Waals surface area contributed by atoms with Crippen molar-refractivity contribution in [3.05, 3.63) is 63.7 Å². The van der Waals surface area contributed by atoms with Crippen LogP contribution in [0.5, 0.6) is 0 Å². The molecule has 41 heavy (non-hydrogen) atoms. The van der Waals surface area contributed by atoms with Gasteiger partial charge in [0.15, 0.2) is 8.32 Å². The van der Waals surface area contributed by atoms with E-state index >= 15 is 0 Å². The van der Waals surface area contributed by atoms with Gasteiger partial charge in [0.25, 0.3) is 0 Å². The van der Waals surface area contributed by atoms with Crippen LogP contribution in [0.2, 0.25) is 18.1 Å². The van der Waals surface area contributed by atoms with E-state index in [2.05, 4.69) is 58.8 Å². The number of halogens is 3. The first kappa shape index (κ1) is 31.9. The summed E-state index contributed by atoms with van der Waals surface area (Å²) in [5.74, 6) is -0.0385. The Morgan fingerprint density at radius 3 is 2.34 bits per heavy atom. The highest BCUT2D eigenvalue weighted by Crippen LogP contribution is 2.51. The molecule has 2 aromatic heterocycles. The van der Waals surface area contributed by atoms with Crippen molar-refractivity contribution in [3.8, 4) is 0 Å². The summed E-state index contributed by atoms with van der Waals surface area (Å²) in [6, 6.07) is 2.25. The van der Waals surface area contributed by atoms with Crippen molar-refractivity contribution in [2.75, 3.05) is 13.2 Å². The number of rotatable bonds is 6. The number of aromatic nitrogens is 2. The van der Waals surface area contributed by atoms with Gasteiger partial charge >= 0.3 is 6.18 Å². The minimum absolute atomic E-state index is 0.00927. The predicted molar refractivity (Wildman–Crippen MR) is 158 cm³/mol. The fourth-order valence-corrected chi connectivity index (χ4v) is 6.89. The van der Waals surface area contributed by atoms with Crippen LogP contribution in [0, 0.1) is 5.41 Å². The lowest BCUT2D eigenvalue weighted by Crippen LogP contribution is -2.44. The van der Waals surface area contributed by atoms with Crippen molar-refractivity contribution in [3.63, 3.8) is 0 Å². The van der Waals surface area contributed by atoms with E-state index in [-0.39, 0.29) is 28.2 Å². The zero-order valence-corrected chi connectivity index (χ0v) is 26.9. The number of aliphatic hydroxyl groups is 1. The summed E-state index contributed by atoms with van der Waals surface area (Å²) in [5.41, 5.74) is 4.58. The molecule has 2 aliphatic rings. The van der Waals surface area contributed by atoms with E-state index in [1.807, 2.05) is 13.8 Å². The molecular weight excluding hydrogens is 545 g/mol. The lowest BCUT2D eigenvalue weighted by molar-refractivity contribution is -0.137. The van der Waals surface area contributed by atoms with Gasteiger partial charge in [0.2, 0.25) is 0 Å². The lowest BCUT2D eigenvalue weighted by Gasteiger charge is -2.45. The van der Waals surface area contributed by atoms with Crippen molar-refractivity contribution in [1.29, 1.82) is 0 Å². The Hall–Kier alpha value is -2.07. The molecule has 4 rings (SSSR count). The molecule has 226 valence electrons. The number of ether oxygens (including phenoxy) is 1. The Morgan fingerprint density at radius 1 is 1.15 bits per heavy atom. The highest BCUT2D eigenvalue weighted by molar-refractivity contribution is 6.74. The molecule has 5 nitrogen and oxygen atoms in total. The van der Waals surface area contributed by atoms with E-state index in [0.29, 0.717) is 25.2 Å². The molecule has 1 aliphatic carbocycles. The normalized spacial score (nSPS) is 20.5. The monoisotopic (exact) mass is 590 g/mol. The van der Waals surface area contributed by atoms with Crippen LogP contribution in [0.25, 0.3) is 5.57 Å². The SMILES string of the molecule is CC(C)c1nc2c(c(C3=CCOCC3)c1C(O)c1ccc(C(F)(F)F)cn1)[C@@H](O[Si](C)(C)C(C)(C)C)CC(C)(C)C2. The largest absolute Gasteiger partial charge is 0.417 e. The van der Waals surface area contributed by atoms with Gasteiger partial charge in [0, 0.05) is 23.0 Å². The summed E-state index contributed by atoms with van der Waals surface area (Å²) in [7, 11) is -2.22. The summed E-state index contributed by atoms with van der Waals surface area (Å²) in [4.78, 5) is 9.31. The van der Waals surface area contributed by atoms with Crippen molar-refractivity contribution >= 4 is 13.9 Å². The van der Waals surface area contributed by atoms with Gasteiger partial charge in [-0.1, -0.05) is 54.5 Å². The Balaban J connectivity index is 2.01. The van der Waals surface area contributed by atoms with Crippen molar-refractivity contribution in [2.24, 2.45) is 5.41 Å². The Labute approximate surface area is 243 Å². The van der Waals surface area contributed by atoms with Crippen LogP contribution in [0.1, 0.15) is 119 Å². The molecule has 9 heteroatoms. The van der Waals surface area contributed by atoms with Gasteiger partial charge in [-0.15, -0.1) is 0 Å². The summed E-state index contributed by atoms with van der Waals surface area (Å²) in [6.45, 7) is 20.7. The van der Waals surface area contributed by atoms with Gasteiger partial charge in [-0.2, -0.15) is 13.2 Å². The fourth-order valence-electron chi connectivity index (χ4n) is 5.63. The standard InChI is InChI=1S/C32H45F3N2O3Si/c1-19(2)28-27(29(38)22-11-10-21(18-36-22)32(33,34)35)25(20-12-14-39-15-13-20)26-23(37-28)16-31(6,7)17-24(26)40-41(8,9)30(3,4)5/h10-12,18-19,24,29,38H,13-17H2,1-9H3/t24-,29?/m0/s1. The van der Waals surface area contributed by atoms with Crippen molar-refractivity contribution in [1.82, 2.24) is 9.97 Å². The zero-order valence-electron chi connectivity index (χ0n) is 25.9. The van der Waals surface area contributed by atoms with Crippen molar-refractivity contribution < 1.29 is 27.4 Å². The molecule has 0 amide bonds. The van der Waals surface area contributed by atoms with E-state index in [1.165, 1.54) is 6.07 Å². The maximum absolute atomic E-state index is 13.3. The first-order valence-electron chi connectivity index (χ1n) is 14.5. The predicted octanol–water partition coefficient (Wildman–Crippen LogP) is 8.54. The van der Waals surface area contributed by atoms with Gasteiger partial charge in [-0.25, -0.2) is 0 Å². The number of nitrogens with zero attached hydrogens (tertiary/aromatic N) is 2. The number of alkyl halides is 3. The number of hydrogen-bond acceptors (Lipinski definition) is 5. The molecule has 2 atom stereocenters. The maximum Gasteiger partial charge on any atom is 0.417 e. The molecule has 2 aromatic rings. The third-order valence-electron chi connectivity index (χ3n) is 8.83. The summed E-state index contributed by atoms with van der Waals surface area (Å²) in [6.07, 6.45) is -0.911. The van der Waals surface area contributed by atoms with Crippen LogP contribution < -0.4 is 0 Å². The second-order valence-electron chi connectivity index (χ2n) is 14.1. The van der Waals surface area contributed by atoms with Gasteiger partial charge in [-0.3, -0.25) is 9.97 Å². The molecule has 0 aromatic carbocycles.